The summed E-state index contributed by atoms with van der Waals surface area (Å²) in [4.78, 5) is 0. The molecule has 3 nitrogen and oxygen atoms in total. The van der Waals surface area contributed by atoms with Gasteiger partial charge in [0.2, 0.25) is 0 Å². The van der Waals surface area contributed by atoms with Crippen molar-refractivity contribution in [1.29, 1.82) is 0 Å². The number of hydrogen-bond acceptors (Lipinski definition) is 2. The Bertz CT molecular complexity index is 731. The van der Waals surface area contributed by atoms with E-state index in [1.54, 1.807) is 7.11 Å². The highest BCUT2D eigenvalue weighted by atomic mass is 16.5. The third kappa shape index (κ3) is 2.28. The number of rotatable bonds is 4. The summed E-state index contributed by atoms with van der Waals surface area (Å²) in [5.74, 6) is 0.883. The van der Waals surface area contributed by atoms with Gasteiger partial charge in [0, 0.05) is 24.3 Å². The molecule has 0 radical (unpaired) electrons. The highest BCUT2D eigenvalue weighted by molar-refractivity contribution is 5.81. The summed E-state index contributed by atoms with van der Waals surface area (Å²) in [6, 6.07) is 18.7. The highest BCUT2D eigenvalue weighted by Crippen LogP contribution is 2.22. The van der Waals surface area contributed by atoms with Crippen LogP contribution in [0.3, 0.4) is 0 Å². The van der Waals surface area contributed by atoms with Gasteiger partial charge in [0.1, 0.15) is 5.75 Å². The molecule has 102 valence electrons. The van der Waals surface area contributed by atoms with Crippen molar-refractivity contribution in [3.63, 3.8) is 0 Å². The van der Waals surface area contributed by atoms with Gasteiger partial charge in [-0.05, 0) is 35.2 Å². The zero-order chi connectivity index (χ0) is 13.9. The Morgan fingerprint density at radius 3 is 2.70 bits per heavy atom. The molecule has 3 rings (SSSR count). The number of nitrogens with zero attached hydrogens (tertiary/aromatic N) is 1. The first-order valence-electron chi connectivity index (χ1n) is 6.72. The van der Waals surface area contributed by atoms with E-state index in [1.165, 1.54) is 16.5 Å². The number of para-hydroxylation sites is 1. The smallest absolute Gasteiger partial charge is 0.119 e. The van der Waals surface area contributed by atoms with Gasteiger partial charge in [-0.15, -0.1) is 0 Å². The number of hydrogen-bond donors (Lipinski definition) is 1. The molecule has 0 aliphatic rings. The molecule has 0 saturated carbocycles. The molecule has 0 atom stereocenters. The first kappa shape index (κ1) is 12.8. The molecular formula is C17H18N2O. The van der Waals surface area contributed by atoms with Gasteiger partial charge in [-0.25, -0.2) is 0 Å². The lowest BCUT2D eigenvalue weighted by Gasteiger charge is -2.11. The fourth-order valence-corrected chi connectivity index (χ4v) is 2.58. The summed E-state index contributed by atoms with van der Waals surface area (Å²) < 4.78 is 7.55. The summed E-state index contributed by atoms with van der Waals surface area (Å²) in [6.07, 6.45) is 0. The summed E-state index contributed by atoms with van der Waals surface area (Å²) in [5.41, 5.74) is 9.45. The van der Waals surface area contributed by atoms with E-state index in [-0.39, 0.29) is 0 Å². The summed E-state index contributed by atoms with van der Waals surface area (Å²) in [5, 5.41) is 1.23. The fraction of sp³-hybridized carbons (Fsp3) is 0.176. The topological polar surface area (TPSA) is 40.2 Å². The lowest BCUT2D eigenvalue weighted by atomic mass is 10.2. The van der Waals surface area contributed by atoms with Crippen molar-refractivity contribution < 1.29 is 4.74 Å². The van der Waals surface area contributed by atoms with Crippen molar-refractivity contribution >= 4 is 10.9 Å². The van der Waals surface area contributed by atoms with E-state index in [1.807, 2.05) is 12.1 Å². The van der Waals surface area contributed by atoms with Crippen LogP contribution < -0.4 is 10.5 Å². The zero-order valence-electron chi connectivity index (χ0n) is 11.5. The minimum Gasteiger partial charge on any atom is -0.497 e. The van der Waals surface area contributed by atoms with Gasteiger partial charge < -0.3 is 15.0 Å². The normalized spacial score (nSPS) is 10.9. The molecule has 3 aromatic rings. The number of aromatic nitrogens is 1. The standard InChI is InChI=1S/C17H18N2O/c1-20-16-7-4-5-13(9-16)12-19-15(11-18)10-14-6-2-3-8-17(14)19/h2-10H,11-12,18H2,1H3. The predicted molar refractivity (Wildman–Crippen MR) is 81.9 cm³/mol. The van der Waals surface area contributed by atoms with Crippen molar-refractivity contribution in [2.45, 2.75) is 13.1 Å². The second kappa shape index (κ2) is 5.39. The Kier molecular flexibility index (Phi) is 3.44. The van der Waals surface area contributed by atoms with Crippen LogP contribution >= 0.6 is 0 Å². The van der Waals surface area contributed by atoms with Gasteiger partial charge in [0.05, 0.1) is 7.11 Å². The number of benzene rings is 2. The van der Waals surface area contributed by atoms with Crippen LogP contribution in [0.5, 0.6) is 5.75 Å². The Morgan fingerprint density at radius 2 is 1.90 bits per heavy atom. The predicted octanol–water partition coefficient (Wildman–Crippen LogP) is 3.16. The van der Waals surface area contributed by atoms with E-state index >= 15 is 0 Å². The average molecular weight is 266 g/mol. The van der Waals surface area contributed by atoms with Crippen molar-refractivity contribution in [2.24, 2.45) is 5.73 Å². The van der Waals surface area contributed by atoms with Crippen molar-refractivity contribution in [3.8, 4) is 5.75 Å². The van der Waals surface area contributed by atoms with Crippen LogP contribution in [0.1, 0.15) is 11.3 Å². The number of nitrogens with two attached hydrogens (primary N) is 1. The molecule has 0 aliphatic heterocycles. The van der Waals surface area contributed by atoms with Gasteiger partial charge in [-0.1, -0.05) is 30.3 Å². The van der Waals surface area contributed by atoms with Crippen LogP contribution in [0, 0.1) is 0 Å². The van der Waals surface area contributed by atoms with E-state index in [0.29, 0.717) is 6.54 Å². The molecule has 0 saturated heterocycles. The SMILES string of the molecule is COc1cccc(Cn2c(CN)cc3ccccc32)c1. The maximum atomic E-state index is 5.88. The highest BCUT2D eigenvalue weighted by Gasteiger charge is 2.08. The van der Waals surface area contributed by atoms with Gasteiger partial charge >= 0.3 is 0 Å². The maximum absolute atomic E-state index is 5.88. The monoisotopic (exact) mass is 266 g/mol. The third-order valence-electron chi connectivity index (χ3n) is 3.58. The quantitative estimate of drug-likeness (QED) is 0.788. The molecule has 2 N–H and O–H groups in total. The van der Waals surface area contributed by atoms with Gasteiger partial charge in [-0.2, -0.15) is 0 Å². The van der Waals surface area contributed by atoms with E-state index in [9.17, 15) is 0 Å². The van der Waals surface area contributed by atoms with Gasteiger partial charge in [0.25, 0.3) is 0 Å². The maximum Gasteiger partial charge on any atom is 0.119 e. The van der Waals surface area contributed by atoms with Crippen LogP contribution in [-0.2, 0) is 13.1 Å². The second-order valence-electron chi connectivity index (χ2n) is 4.84. The molecule has 1 heterocycles. The summed E-state index contributed by atoms with van der Waals surface area (Å²) in [7, 11) is 1.69. The molecular weight excluding hydrogens is 248 g/mol. The third-order valence-corrected chi connectivity index (χ3v) is 3.58. The molecule has 1 aromatic heterocycles. The fourth-order valence-electron chi connectivity index (χ4n) is 2.58. The number of methoxy groups -OCH3 is 1. The molecule has 0 fully saturated rings. The van der Waals surface area contributed by atoms with Crippen LogP contribution in [0.4, 0.5) is 0 Å². The molecule has 20 heavy (non-hydrogen) atoms. The summed E-state index contributed by atoms with van der Waals surface area (Å²) in [6.45, 7) is 1.34. The molecule has 2 aromatic carbocycles. The van der Waals surface area contributed by atoms with Crippen LogP contribution in [0.2, 0.25) is 0 Å². The zero-order valence-corrected chi connectivity index (χ0v) is 11.5. The van der Waals surface area contributed by atoms with E-state index in [4.69, 9.17) is 10.5 Å². The van der Waals surface area contributed by atoms with Crippen molar-refractivity contribution in [3.05, 3.63) is 65.9 Å². The lowest BCUT2D eigenvalue weighted by Crippen LogP contribution is -2.08. The minimum absolute atomic E-state index is 0.540. The molecule has 0 spiro atoms. The lowest BCUT2D eigenvalue weighted by molar-refractivity contribution is 0.414. The number of fused-ring (bicyclic) bond motifs is 1. The van der Waals surface area contributed by atoms with Crippen LogP contribution in [0.25, 0.3) is 10.9 Å². The van der Waals surface area contributed by atoms with Gasteiger partial charge in [0.15, 0.2) is 0 Å². The van der Waals surface area contributed by atoms with E-state index < -0.39 is 0 Å². The van der Waals surface area contributed by atoms with E-state index in [2.05, 4.69) is 47.0 Å². The largest absolute Gasteiger partial charge is 0.497 e. The van der Waals surface area contributed by atoms with Crippen molar-refractivity contribution in [1.82, 2.24) is 4.57 Å². The molecule has 0 unspecified atom stereocenters. The second-order valence-corrected chi connectivity index (χ2v) is 4.84. The van der Waals surface area contributed by atoms with E-state index in [0.717, 1.165) is 18.0 Å². The average Bonchev–Trinajstić information content (AvgIpc) is 2.85. The number of ether oxygens (including phenoxy) is 1. The van der Waals surface area contributed by atoms with Crippen LogP contribution in [-0.4, -0.2) is 11.7 Å². The molecule has 0 amide bonds. The summed E-state index contributed by atoms with van der Waals surface area (Å²) >= 11 is 0. The van der Waals surface area contributed by atoms with Crippen molar-refractivity contribution in [2.75, 3.05) is 7.11 Å². The Hall–Kier alpha value is -2.26. The molecule has 0 bridgehead atoms. The Balaban J connectivity index is 2.04. The molecule has 0 aliphatic carbocycles. The Morgan fingerprint density at radius 1 is 1.05 bits per heavy atom. The molecule has 3 heteroatoms. The minimum atomic E-state index is 0.540. The van der Waals surface area contributed by atoms with Crippen LogP contribution in [0.15, 0.2) is 54.6 Å². The first-order valence-corrected chi connectivity index (χ1v) is 6.72. The Labute approximate surface area is 118 Å². The van der Waals surface area contributed by atoms with Gasteiger partial charge in [-0.3, -0.25) is 0 Å². The first-order chi connectivity index (χ1) is 9.81.